The Morgan fingerprint density at radius 3 is 2.54 bits per heavy atom. The average molecular weight is 395 g/mol. The highest BCUT2D eigenvalue weighted by molar-refractivity contribution is 8.13. The third kappa shape index (κ3) is 5.54. The molecule has 1 amide bonds. The van der Waals surface area contributed by atoms with Crippen molar-refractivity contribution < 1.29 is 19.5 Å². The van der Waals surface area contributed by atoms with E-state index in [2.05, 4.69) is 10.3 Å². The lowest BCUT2D eigenvalue weighted by molar-refractivity contribution is -0.142. The van der Waals surface area contributed by atoms with Crippen LogP contribution in [0, 0.1) is 11.8 Å². The Hall–Kier alpha value is -1.93. The van der Waals surface area contributed by atoms with Crippen LogP contribution in [0.15, 0.2) is 24.3 Å². The van der Waals surface area contributed by atoms with Gasteiger partial charge in [-0.2, -0.15) is 0 Å². The molecule has 0 bridgehead atoms. The van der Waals surface area contributed by atoms with Gasteiger partial charge in [-0.25, -0.2) is 9.78 Å². The zero-order chi connectivity index (χ0) is 19.3. The van der Waals surface area contributed by atoms with E-state index in [1.807, 2.05) is 38.1 Å². The van der Waals surface area contributed by atoms with Gasteiger partial charge in [0.05, 0.1) is 15.2 Å². The highest BCUT2D eigenvalue weighted by Gasteiger charge is 2.28. The Balaban J connectivity index is 2.09. The van der Waals surface area contributed by atoms with E-state index in [4.69, 9.17) is 0 Å². The second-order valence-corrected chi connectivity index (χ2v) is 8.64. The second-order valence-electron chi connectivity index (χ2n) is 6.33. The van der Waals surface area contributed by atoms with Gasteiger partial charge in [-0.05, 0) is 18.1 Å². The molecule has 2 N–H and O–H groups in total. The number of carbonyl (C=O) groups excluding carboxylic acids is 2. The molecule has 6 nitrogen and oxygen atoms in total. The highest BCUT2D eigenvalue weighted by Crippen LogP contribution is 2.23. The van der Waals surface area contributed by atoms with Gasteiger partial charge in [0, 0.05) is 25.0 Å². The molecule has 1 aromatic carbocycles. The van der Waals surface area contributed by atoms with Crippen LogP contribution in [-0.2, 0) is 20.8 Å². The zero-order valence-electron chi connectivity index (χ0n) is 14.9. The van der Waals surface area contributed by atoms with Crippen LogP contribution in [-0.4, -0.2) is 38.9 Å². The molecule has 0 unspecified atom stereocenters. The van der Waals surface area contributed by atoms with Crippen molar-refractivity contribution in [3.05, 3.63) is 29.3 Å². The van der Waals surface area contributed by atoms with E-state index < -0.39 is 17.9 Å². The van der Waals surface area contributed by atoms with Gasteiger partial charge in [-0.3, -0.25) is 9.59 Å². The molecule has 1 aromatic heterocycles. The molecule has 0 saturated heterocycles. The number of nitrogens with zero attached hydrogens (tertiary/aromatic N) is 1. The number of amides is 1. The first-order chi connectivity index (χ1) is 12.3. The maximum atomic E-state index is 12.6. The molecule has 0 saturated carbocycles. The predicted octanol–water partition coefficient (Wildman–Crippen LogP) is 2.96. The topological polar surface area (TPSA) is 96.4 Å². The summed E-state index contributed by atoms with van der Waals surface area (Å²) >= 11 is 2.51. The van der Waals surface area contributed by atoms with E-state index in [1.54, 1.807) is 0 Å². The maximum Gasteiger partial charge on any atom is 0.326 e. The SMILES string of the molecule is CC(=O)SC[C@H](C(=O)N[C@@H](Cc1nc2ccccc2s1)C(=O)O)C(C)C. The van der Waals surface area contributed by atoms with Crippen LogP contribution >= 0.6 is 23.1 Å². The number of carboxylic acid groups (broad SMARTS) is 1. The van der Waals surface area contributed by atoms with Crippen molar-refractivity contribution in [2.24, 2.45) is 11.8 Å². The van der Waals surface area contributed by atoms with E-state index >= 15 is 0 Å². The smallest absolute Gasteiger partial charge is 0.326 e. The van der Waals surface area contributed by atoms with Crippen molar-refractivity contribution >= 4 is 50.3 Å². The quantitative estimate of drug-likeness (QED) is 0.715. The largest absolute Gasteiger partial charge is 0.480 e. The molecule has 0 aliphatic carbocycles. The van der Waals surface area contributed by atoms with Gasteiger partial charge in [-0.15, -0.1) is 11.3 Å². The number of rotatable bonds is 8. The summed E-state index contributed by atoms with van der Waals surface area (Å²) in [5, 5.41) is 12.7. The number of aliphatic carboxylic acids is 1. The molecule has 26 heavy (non-hydrogen) atoms. The number of fused-ring (bicyclic) bond motifs is 1. The van der Waals surface area contributed by atoms with Gasteiger partial charge < -0.3 is 10.4 Å². The van der Waals surface area contributed by atoms with Crippen molar-refractivity contribution in [2.75, 3.05) is 5.75 Å². The fourth-order valence-electron chi connectivity index (χ4n) is 2.44. The first kappa shape index (κ1) is 20.4. The van der Waals surface area contributed by atoms with E-state index in [0.29, 0.717) is 10.8 Å². The first-order valence-electron chi connectivity index (χ1n) is 8.29. The van der Waals surface area contributed by atoms with Crippen molar-refractivity contribution in [1.29, 1.82) is 0 Å². The molecule has 0 spiro atoms. The molecule has 0 fully saturated rings. The van der Waals surface area contributed by atoms with Crippen LogP contribution in [0.3, 0.4) is 0 Å². The minimum absolute atomic E-state index is 0.00116. The number of aromatic nitrogens is 1. The molecule has 140 valence electrons. The normalized spacial score (nSPS) is 13.5. The molecular weight excluding hydrogens is 372 g/mol. The minimum Gasteiger partial charge on any atom is -0.480 e. The minimum atomic E-state index is -1.10. The number of hydrogen-bond donors (Lipinski definition) is 2. The lowest BCUT2D eigenvalue weighted by Crippen LogP contribution is -2.46. The maximum absolute atomic E-state index is 12.6. The summed E-state index contributed by atoms with van der Waals surface area (Å²) < 4.78 is 0.982. The Kier molecular flexibility index (Phi) is 7.16. The van der Waals surface area contributed by atoms with Crippen LogP contribution in [0.2, 0.25) is 0 Å². The summed E-state index contributed by atoms with van der Waals surface area (Å²) in [6.45, 7) is 5.22. The fraction of sp³-hybridized carbons (Fsp3) is 0.444. The third-order valence-corrected chi connectivity index (χ3v) is 5.93. The number of benzene rings is 1. The summed E-state index contributed by atoms with van der Waals surface area (Å²) in [5.41, 5.74) is 0.820. The lowest BCUT2D eigenvalue weighted by Gasteiger charge is -2.22. The molecule has 0 radical (unpaired) electrons. The van der Waals surface area contributed by atoms with Gasteiger partial charge in [0.15, 0.2) is 5.12 Å². The fourth-order valence-corrected chi connectivity index (χ4v) is 4.40. The molecule has 2 atom stereocenters. The van der Waals surface area contributed by atoms with Gasteiger partial charge in [0.25, 0.3) is 0 Å². The number of para-hydroxylation sites is 1. The number of thiazole rings is 1. The Labute approximate surface area is 160 Å². The van der Waals surface area contributed by atoms with Crippen molar-refractivity contribution in [3.63, 3.8) is 0 Å². The zero-order valence-corrected chi connectivity index (χ0v) is 16.5. The highest BCUT2D eigenvalue weighted by atomic mass is 32.2. The van der Waals surface area contributed by atoms with Gasteiger partial charge in [0.2, 0.25) is 5.91 Å². The van der Waals surface area contributed by atoms with E-state index in [1.165, 1.54) is 18.3 Å². The molecule has 2 aromatic rings. The molecular formula is C18H22N2O4S2. The van der Waals surface area contributed by atoms with Crippen LogP contribution in [0.1, 0.15) is 25.8 Å². The molecule has 1 heterocycles. The van der Waals surface area contributed by atoms with Crippen molar-refractivity contribution in [1.82, 2.24) is 10.3 Å². The molecule has 0 aliphatic heterocycles. The van der Waals surface area contributed by atoms with Gasteiger partial charge in [-0.1, -0.05) is 37.7 Å². The monoisotopic (exact) mass is 394 g/mol. The number of carboxylic acids is 1. The second kappa shape index (κ2) is 9.14. The average Bonchev–Trinajstić information content (AvgIpc) is 2.96. The summed E-state index contributed by atoms with van der Waals surface area (Å²) in [5.74, 6) is -1.53. The van der Waals surface area contributed by atoms with Crippen LogP contribution in [0.4, 0.5) is 0 Å². The van der Waals surface area contributed by atoms with Crippen molar-refractivity contribution in [2.45, 2.75) is 33.2 Å². The predicted molar refractivity (Wildman–Crippen MR) is 104 cm³/mol. The number of carbonyl (C=O) groups is 3. The molecule has 8 heteroatoms. The molecule has 2 rings (SSSR count). The van der Waals surface area contributed by atoms with Crippen LogP contribution in [0.5, 0.6) is 0 Å². The van der Waals surface area contributed by atoms with Crippen LogP contribution < -0.4 is 5.32 Å². The van der Waals surface area contributed by atoms with E-state index in [-0.39, 0.29) is 23.4 Å². The summed E-state index contributed by atoms with van der Waals surface area (Å²) in [7, 11) is 0. The summed E-state index contributed by atoms with van der Waals surface area (Å²) in [6.07, 6.45) is 0.130. The van der Waals surface area contributed by atoms with E-state index in [0.717, 1.165) is 22.0 Å². The standard InChI is InChI=1S/C18H22N2O4S2/c1-10(2)12(9-25-11(3)21)17(22)20-14(18(23)24)8-16-19-13-6-4-5-7-15(13)26-16/h4-7,10,12,14H,8-9H2,1-3H3,(H,20,22)(H,23,24)/t12-,14-/m0/s1. The Morgan fingerprint density at radius 1 is 1.27 bits per heavy atom. The lowest BCUT2D eigenvalue weighted by atomic mass is 9.96. The molecule has 0 aliphatic rings. The Morgan fingerprint density at radius 2 is 1.96 bits per heavy atom. The van der Waals surface area contributed by atoms with E-state index in [9.17, 15) is 19.5 Å². The third-order valence-electron chi connectivity index (χ3n) is 3.94. The van der Waals surface area contributed by atoms with Crippen LogP contribution in [0.25, 0.3) is 10.2 Å². The van der Waals surface area contributed by atoms with Gasteiger partial charge >= 0.3 is 5.97 Å². The summed E-state index contributed by atoms with van der Waals surface area (Å²) in [6, 6.07) is 6.53. The number of nitrogens with one attached hydrogen (secondary N) is 1. The summed E-state index contributed by atoms with van der Waals surface area (Å²) in [4.78, 5) is 39.8. The van der Waals surface area contributed by atoms with Gasteiger partial charge in [0.1, 0.15) is 6.04 Å². The number of thioether (sulfide) groups is 1. The first-order valence-corrected chi connectivity index (χ1v) is 10.1. The Bertz CT molecular complexity index is 770. The van der Waals surface area contributed by atoms with Crippen molar-refractivity contribution in [3.8, 4) is 0 Å². The number of hydrogen-bond acceptors (Lipinski definition) is 6.